The van der Waals surface area contributed by atoms with Gasteiger partial charge >= 0.3 is 0 Å². The normalized spacial score (nSPS) is 10.9. The van der Waals surface area contributed by atoms with Gasteiger partial charge in [0.2, 0.25) is 0 Å². The van der Waals surface area contributed by atoms with E-state index in [0.29, 0.717) is 17.1 Å². The number of methoxy groups -OCH3 is 1. The summed E-state index contributed by atoms with van der Waals surface area (Å²) in [4.78, 5) is 12.4. The molecule has 1 aromatic heterocycles. The van der Waals surface area contributed by atoms with Gasteiger partial charge in [-0.2, -0.15) is 0 Å². The topological polar surface area (TPSA) is 57.2 Å². The Labute approximate surface area is 177 Å². The minimum Gasteiger partial charge on any atom is -0.497 e. The largest absolute Gasteiger partial charge is 0.497 e. The predicted molar refractivity (Wildman–Crippen MR) is 119 cm³/mol. The van der Waals surface area contributed by atoms with Crippen LogP contribution >= 0.6 is 11.6 Å². The number of nitrogens with two attached hydrogens (primary N) is 1. The molecular formula is C24H27ClN2O2. The van der Waals surface area contributed by atoms with E-state index in [-0.39, 0.29) is 0 Å². The SMILES string of the molecule is CCCCc1c(-c2ccc(OC)cc2)c(C(N)=O)c(C)n1Cc1cccc(Cl)c1. The molecule has 0 bridgehead atoms. The van der Waals surface area contributed by atoms with Crippen molar-refractivity contribution < 1.29 is 9.53 Å². The lowest BCUT2D eigenvalue weighted by Crippen LogP contribution is -2.13. The van der Waals surface area contributed by atoms with Crippen LogP contribution < -0.4 is 10.5 Å². The molecule has 3 rings (SSSR count). The lowest BCUT2D eigenvalue weighted by Gasteiger charge is -2.14. The van der Waals surface area contributed by atoms with Gasteiger partial charge in [-0.05, 0) is 55.2 Å². The van der Waals surface area contributed by atoms with Crippen molar-refractivity contribution in [2.45, 2.75) is 39.7 Å². The van der Waals surface area contributed by atoms with E-state index in [1.165, 1.54) is 0 Å². The first-order valence-corrected chi connectivity index (χ1v) is 10.2. The molecule has 0 unspecified atom stereocenters. The molecule has 2 N–H and O–H groups in total. The van der Waals surface area contributed by atoms with Crippen LogP contribution in [0.1, 0.15) is 47.1 Å². The Balaban J connectivity index is 2.20. The van der Waals surface area contributed by atoms with Gasteiger partial charge in [0.25, 0.3) is 5.91 Å². The summed E-state index contributed by atoms with van der Waals surface area (Å²) in [5.41, 5.74) is 11.4. The Bertz CT molecular complexity index is 1010. The van der Waals surface area contributed by atoms with Crippen molar-refractivity contribution in [1.82, 2.24) is 4.57 Å². The summed E-state index contributed by atoms with van der Waals surface area (Å²) < 4.78 is 7.50. The molecule has 29 heavy (non-hydrogen) atoms. The number of amides is 1. The Kier molecular flexibility index (Phi) is 6.65. The zero-order valence-corrected chi connectivity index (χ0v) is 17.9. The van der Waals surface area contributed by atoms with E-state index in [0.717, 1.165) is 53.1 Å². The molecule has 0 fully saturated rings. The molecule has 2 aromatic carbocycles. The van der Waals surface area contributed by atoms with Crippen LogP contribution in [0.5, 0.6) is 5.75 Å². The van der Waals surface area contributed by atoms with Gasteiger partial charge < -0.3 is 15.0 Å². The van der Waals surface area contributed by atoms with Gasteiger partial charge in [-0.25, -0.2) is 0 Å². The van der Waals surface area contributed by atoms with E-state index in [1.54, 1.807) is 7.11 Å². The number of benzene rings is 2. The molecule has 0 atom stereocenters. The summed E-state index contributed by atoms with van der Waals surface area (Å²) in [6.45, 7) is 4.77. The van der Waals surface area contributed by atoms with Crippen molar-refractivity contribution >= 4 is 17.5 Å². The molecule has 3 aromatic rings. The van der Waals surface area contributed by atoms with Crippen LogP contribution in [0.4, 0.5) is 0 Å². The van der Waals surface area contributed by atoms with Crippen LogP contribution in [0.3, 0.4) is 0 Å². The number of halogens is 1. The van der Waals surface area contributed by atoms with Crippen LogP contribution in [0.25, 0.3) is 11.1 Å². The van der Waals surface area contributed by atoms with Gasteiger partial charge in [-0.15, -0.1) is 0 Å². The van der Waals surface area contributed by atoms with Crippen LogP contribution in [0.15, 0.2) is 48.5 Å². The maximum Gasteiger partial charge on any atom is 0.251 e. The fourth-order valence-electron chi connectivity index (χ4n) is 3.80. The number of hydrogen-bond acceptors (Lipinski definition) is 2. The second-order valence-corrected chi connectivity index (χ2v) is 7.63. The molecule has 1 heterocycles. The van der Waals surface area contributed by atoms with Gasteiger partial charge in [0.15, 0.2) is 0 Å². The van der Waals surface area contributed by atoms with Crippen molar-refractivity contribution in [2.75, 3.05) is 7.11 Å². The van der Waals surface area contributed by atoms with E-state index in [1.807, 2.05) is 55.5 Å². The average Bonchev–Trinajstić information content (AvgIpc) is 2.98. The number of aromatic nitrogens is 1. The Morgan fingerprint density at radius 3 is 2.48 bits per heavy atom. The van der Waals surface area contributed by atoms with E-state index >= 15 is 0 Å². The highest BCUT2D eigenvalue weighted by atomic mass is 35.5. The molecule has 0 saturated carbocycles. The van der Waals surface area contributed by atoms with Crippen molar-refractivity contribution in [3.05, 3.63) is 76.1 Å². The van der Waals surface area contributed by atoms with Crippen LogP contribution in [-0.2, 0) is 13.0 Å². The summed E-state index contributed by atoms with van der Waals surface area (Å²) in [5, 5.41) is 0.702. The molecule has 0 saturated heterocycles. The van der Waals surface area contributed by atoms with Crippen LogP contribution in [0, 0.1) is 6.92 Å². The zero-order chi connectivity index (χ0) is 21.0. The van der Waals surface area contributed by atoms with E-state index in [4.69, 9.17) is 22.1 Å². The minimum atomic E-state index is -0.407. The first-order chi connectivity index (χ1) is 14.0. The Morgan fingerprint density at radius 2 is 1.90 bits per heavy atom. The number of carbonyl (C=O) groups is 1. The maximum absolute atomic E-state index is 12.4. The number of carbonyl (C=O) groups excluding carboxylic acids is 1. The molecule has 1 amide bonds. The number of unbranched alkanes of at least 4 members (excludes halogenated alkanes) is 1. The Hall–Kier alpha value is -2.72. The number of ether oxygens (including phenoxy) is 1. The number of primary amides is 1. The summed E-state index contributed by atoms with van der Waals surface area (Å²) in [6, 6.07) is 15.6. The maximum atomic E-state index is 12.4. The van der Waals surface area contributed by atoms with Gasteiger partial charge in [-0.3, -0.25) is 4.79 Å². The average molecular weight is 411 g/mol. The second-order valence-electron chi connectivity index (χ2n) is 7.19. The smallest absolute Gasteiger partial charge is 0.251 e. The molecule has 0 aliphatic heterocycles. The molecule has 0 aliphatic carbocycles. The molecule has 0 radical (unpaired) electrons. The fourth-order valence-corrected chi connectivity index (χ4v) is 4.02. The number of rotatable bonds is 8. The van der Waals surface area contributed by atoms with Gasteiger partial charge in [-0.1, -0.05) is 49.2 Å². The monoisotopic (exact) mass is 410 g/mol. The highest BCUT2D eigenvalue weighted by molar-refractivity contribution is 6.30. The summed E-state index contributed by atoms with van der Waals surface area (Å²) in [5.74, 6) is 0.371. The number of hydrogen-bond donors (Lipinski definition) is 1. The zero-order valence-electron chi connectivity index (χ0n) is 17.2. The fraction of sp³-hybridized carbons (Fsp3) is 0.292. The second kappa shape index (κ2) is 9.19. The quantitative estimate of drug-likeness (QED) is 0.524. The van der Waals surface area contributed by atoms with Crippen molar-refractivity contribution in [3.63, 3.8) is 0 Å². The minimum absolute atomic E-state index is 0.407. The predicted octanol–water partition coefficient (Wildman–Crippen LogP) is 5.62. The van der Waals surface area contributed by atoms with E-state index in [2.05, 4.69) is 11.5 Å². The van der Waals surface area contributed by atoms with E-state index < -0.39 is 5.91 Å². The van der Waals surface area contributed by atoms with Crippen molar-refractivity contribution in [3.8, 4) is 16.9 Å². The molecule has 0 aliphatic rings. The van der Waals surface area contributed by atoms with Crippen molar-refractivity contribution in [2.24, 2.45) is 5.73 Å². The third kappa shape index (κ3) is 4.48. The molecular weight excluding hydrogens is 384 g/mol. The van der Waals surface area contributed by atoms with Gasteiger partial charge in [0.1, 0.15) is 5.75 Å². The highest BCUT2D eigenvalue weighted by Crippen LogP contribution is 2.35. The first kappa shape index (κ1) is 21.0. The first-order valence-electron chi connectivity index (χ1n) is 9.86. The van der Waals surface area contributed by atoms with Gasteiger partial charge in [0, 0.05) is 28.5 Å². The highest BCUT2D eigenvalue weighted by Gasteiger charge is 2.24. The summed E-state index contributed by atoms with van der Waals surface area (Å²) in [7, 11) is 1.64. The van der Waals surface area contributed by atoms with E-state index in [9.17, 15) is 4.79 Å². The van der Waals surface area contributed by atoms with Crippen LogP contribution in [-0.4, -0.2) is 17.6 Å². The number of nitrogens with zero attached hydrogens (tertiary/aromatic N) is 1. The van der Waals surface area contributed by atoms with Crippen molar-refractivity contribution in [1.29, 1.82) is 0 Å². The standard InChI is InChI=1S/C24H27ClN2O2/c1-4-5-9-21-23(18-10-12-20(29-3)13-11-18)22(24(26)28)16(2)27(21)15-17-7-6-8-19(25)14-17/h6-8,10-14H,4-5,9,15H2,1-3H3,(H2,26,28). The molecule has 0 spiro atoms. The third-order valence-corrected chi connectivity index (χ3v) is 5.49. The molecule has 152 valence electrons. The summed E-state index contributed by atoms with van der Waals surface area (Å²) in [6.07, 6.45) is 2.96. The Morgan fingerprint density at radius 1 is 1.17 bits per heavy atom. The molecule has 5 heteroatoms. The summed E-state index contributed by atoms with van der Waals surface area (Å²) >= 11 is 6.19. The molecule has 4 nitrogen and oxygen atoms in total. The third-order valence-electron chi connectivity index (χ3n) is 5.25. The lowest BCUT2D eigenvalue weighted by molar-refractivity contribution is 0.1000. The van der Waals surface area contributed by atoms with Crippen LogP contribution in [0.2, 0.25) is 5.02 Å². The van der Waals surface area contributed by atoms with Gasteiger partial charge in [0.05, 0.1) is 12.7 Å². The lowest BCUT2D eigenvalue weighted by atomic mass is 9.97.